The Kier molecular flexibility index (Phi) is 10.9. The predicted octanol–water partition coefficient (Wildman–Crippen LogP) is 6.33. The number of benzene rings is 4. The second kappa shape index (κ2) is 14.8. The summed E-state index contributed by atoms with van der Waals surface area (Å²) in [4.78, 5) is 12.9. The van der Waals surface area contributed by atoms with E-state index in [1.54, 1.807) is 42.5 Å². The standard InChI is InChI=1S/C31H29Cl2N3O6S/c1-3-41-30-18-23(6-17-29(30)42-21-22-4-7-24(32)8-5-22)19-34-35-31(37)20-36(26-11-9-25(33)10-12-26)43(38,39)28-15-13-27(40-2)14-16-28/h4-19H,3,20-21H2,1-2H3,(H,35,37)/b34-19+. The van der Waals surface area contributed by atoms with Gasteiger partial charge in [0.2, 0.25) is 0 Å². The summed E-state index contributed by atoms with van der Waals surface area (Å²) < 4.78 is 44.8. The first-order valence-electron chi connectivity index (χ1n) is 13.1. The van der Waals surface area contributed by atoms with Crippen molar-refractivity contribution in [3.05, 3.63) is 112 Å². The van der Waals surface area contributed by atoms with E-state index in [1.165, 1.54) is 49.7 Å². The molecule has 0 saturated heterocycles. The topological polar surface area (TPSA) is 107 Å². The number of methoxy groups -OCH3 is 1. The summed E-state index contributed by atoms with van der Waals surface area (Å²) >= 11 is 12.0. The summed E-state index contributed by atoms with van der Waals surface area (Å²) in [6, 6.07) is 24.6. The average Bonchev–Trinajstić information content (AvgIpc) is 3.01. The summed E-state index contributed by atoms with van der Waals surface area (Å²) in [7, 11) is -2.64. The number of halogens is 2. The van der Waals surface area contributed by atoms with Crippen LogP contribution in [0.25, 0.3) is 0 Å². The second-order valence-corrected chi connectivity index (χ2v) is 11.7. The molecule has 0 atom stereocenters. The van der Waals surface area contributed by atoms with Crippen LogP contribution in [0.1, 0.15) is 18.1 Å². The monoisotopic (exact) mass is 641 g/mol. The number of anilines is 1. The van der Waals surface area contributed by atoms with Crippen LogP contribution in [-0.4, -0.2) is 40.8 Å². The lowest BCUT2D eigenvalue weighted by atomic mass is 10.2. The third kappa shape index (κ3) is 8.63. The molecule has 0 fully saturated rings. The number of ether oxygens (including phenoxy) is 3. The van der Waals surface area contributed by atoms with E-state index in [0.717, 1.165) is 9.87 Å². The molecule has 4 aromatic carbocycles. The van der Waals surface area contributed by atoms with Crippen LogP contribution in [-0.2, 0) is 21.4 Å². The molecule has 0 aliphatic rings. The maximum absolute atomic E-state index is 13.5. The Labute approximate surface area is 260 Å². The Bertz CT molecular complexity index is 1660. The predicted molar refractivity (Wildman–Crippen MR) is 168 cm³/mol. The van der Waals surface area contributed by atoms with E-state index in [4.69, 9.17) is 37.4 Å². The fourth-order valence-corrected chi connectivity index (χ4v) is 5.55. The van der Waals surface area contributed by atoms with Gasteiger partial charge in [-0.2, -0.15) is 5.10 Å². The van der Waals surface area contributed by atoms with Gasteiger partial charge in [0.1, 0.15) is 18.9 Å². The first-order chi connectivity index (χ1) is 20.7. The molecule has 1 N–H and O–H groups in total. The van der Waals surface area contributed by atoms with Crippen molar-refractivity contribution in [2.75, 3.05) is 24.6 Å². The third-order valence-corrected chi connectivity index (χ3v) is 8.32. The van der Waals surface area contributed by atoms with Crippen molar-refractivity contribution in [2.24, 2.45) is 5.10 Å². The van der Waals surface area contributed by atoms with Gasteiger partial charge < -0.3 is 14.2 Å². The van der Waals surface area contributed by atoms with Crippen LogP contribution in [0.4, 0.5) is 5.69 Å². The number of amides is 1. The minimum absolute atomic E-state index is 0.0126. The van der Waals surface area contributed by atoms with Crippen LogP contribution in [0.5, 0.6) is 17.2 Å². The summed E-state index contributed by atoms with van der Waals surface area (Å²) in [5.41, 5.74) is 4.23. The Hall–Kier alpha value is -4.25. The Morgan fingerprint density at radius 3 is 2.16 bits per heavy atom. The highest BCUT2D eigenvalue weighted by Crippen LogP contribution is 2.29. The lowest BCUT2D eigenvalue weighted by Crippen LogP contribution is -2.39. The fourth-order valence-electron chi connectivity index (χ4n) is 3.88. The molecule has 4 rings (SSSR count). The number of rotatable bonds is 13. The van der Waals surface area contributed by atoms with Gasteiger partial charge in [0.25, 0.3) is 15.9 Å². The molecule has 0 aliphatic heterocycles. The number of hydrazone groups is 1. The Morgan fingerprint density at radius 2 is 1.53 bits per heavy atom. The number of hydrogen-bond acceptors (Lipinski definition) is 7. The number of nitrogens with zero attached hydrogens (tertiary/aromatic N) is 2. The maximum Gasteiger partial charge on any atom is 0.264 e. The number of carbonyl (C=O) groups excluding carboxylic acids is 1. The zero-order chi connectivity index (χ0) is 30.8. The zero-order valence-corrected chi connectivity index (χ0v) is 25.7. The smallest absolute Gasteiger partial charge is 0.264 e. The highest BCUT2D eigenvalue weighted by Gasteiger charge is 2.27. The zero-order valence-electron chi connectivity index (χ0n) is 23.4. The molecule has 1 amide bonds. The summed E-state index contributed by atoms with van der Waals surface area (Å²) in [5, 5.41) is 5.09. The molecule has 0 spiro atoms. The van der Waals surface area contributed by atoms with E-state index in [2.05, 4.69) is 10.5 Å². The highest BCUT2D eigenvalue weighted by molar-refractivity contribution is 7.92. The summed E-state index contributed by atoms with van der Waals surface area (Å²) in [6.07, 6.45) is 1.42. The molecule has 0 heterocycles. The van der Waals surface area contributed by atoms with Gasteiger partial charge in [0, 0.05) is 10.0 Å². The van der Waals surface area contributed by atoms with Gasteiger partial charge >= 0.3 is 0 Å². The molecule has 0 aromatic heterocycles. The van der Waals surface area contributed by atoms with Gasteiger partial charge in [-0.1, -0.05) is 35.3 Å². The van der Waals surface area contributed by atoms with Crippen LogP contribution >= 0.6 is 23.2 Å². The van der Waals surface area contributed by atoms with Crippen molar-refractivity contribution in [1.82, 2.24) is 5.43 Å². The molecule has 0 aliphatic carbocycles. The van der Waals surface area contributed by atoms with E-state index < -0.39 is 22.5 Å². The molecule has 0 bridgehead atoms. The molecule has 224 valence electrons. The average molecular weight is 643 g/mol. The van der Waals surface area contributed by atoms with Crippen LogP contribution in [0.15, 0.2) is 101 Å². The van der Waals surface area contributed by atoms with Gasteiger partial charge in [-0.25, -0.2) is 13.8 Å². The van der Waals surface area contributed by atoms with Crippen LogP contribution < -0.4 is 23.9 Å². The van der Waals surface area contributed by atoms with Crippen molar-refractivity contribution in [2.45, 2.75) is 18.4 Å². The van der Waals surface area contributed by atoms with Gasteiger partial charge in [-0.05, 0) is 96.9 Å². The second-order valence-electron chi connectivity index (χ2n) is 9.01. The quantitative estimate of drug-likeness (QED) is 0.135. The highest BCUT2D eigenvalue weighted by atomic mass is 35.5. The molecule has 0 saturated carbocycles. The molecular formula is C31H29Cl2N3O6S. The van der Waals surface area contributed by atoms with Crippen molar-refractivity contribution in [3.63, 3.8) is 0 Å². The molecule has 0 radical (unpaired) electrons. The van der Waals surface area contributed by atoms with Crippen molar-refractivity contribution < 1.29 is 27.4 Å². The fraction of sp³-hybridized carbons (Fsp3) is 0.161. The van der Waals surface area contributed by atoms with E-state index in [9.17, 15) is 13.2 Å². The minimum Gasteiger partial charge on any atom is -0.497 e. The van der Waals surface area contributed by atoms with E-state index in [0.29, 0.717) is 46.1 Å². The normalized spacial score (nSPS) is 11.3. The molecule has 4 aromatic rings. The summed E-state index contributed by atoms with van der Waals surface area (Å²) in [6.45, 7) is 2.06. The van der Waals surface area contributed by atoms with Gasteiger partial charge in [-0.3, -0.25) is 9.10 Å². The Balaban J connectivity index is 1.46. The SMILES string of the molecule is CCOc1cc(/C=N/NC(=O)CN(c2ccc(Cl)cc2)S(=O)(=O)c2ccc(OC)cc2)ccc1OCc1ccc(Cl)cc1. The van der Waals surface area contributed by atoms with Crippen molar-refractivity contribution >= 4 is 51.0 Å². The van der Waals surface area contributed by atoms with Crippen LogP contribution in [0.3, 0.4) is 0 Å². The lowest BCUT2D eigenvalue weighted by Gasteiger charge is -2.23. The molecular weight excluding hydrogens is 613 g/mol. The largest absolute Gasteiger partial charge is 0.497 e. The minimum atomic E-state index is -4.12. The van der Waals surface area contributed by atoms with E-state index in [1.807, 2.05) is 19.1 Å². The van der Waals surface area contributed by atoms with E-state index in [-0.39, 0.29) is 10.6 Å². The van der Waals surface area contributed by atoms with Gasteiger partial charge in [-0.15, -0.1) is 0 Å². The first kappa shape index (κ1) is 31.7. The number of sulfonamides is 1. The molecule has 0 unspecified atom stereocenters. The number of nitrogens with one attached hydrogen (secondary N) is 1. The number of carbonyl (C=O) groups is 1. The summed E-state index contributed by atoms with van der Waals surface area (Å²) in [5.74, 6) is 0.889. The third-order valence-electron chi connectivity index (χ3n) is 6.03. The first-order valence-corrected chi connectivity index (χ1v) is 15.3. The van der Waals surface area contributed by atoms with Crippen molar-refractivity contribution in [1.29, 1.82) is 0 Å². The lowest BCUT2D eigenvalue weighted by molar-refractivity contribution is -0.119. The molecule has 12 heteroatoms. The molecule has 9 nitrogen and oxygen atoms in total. The van der Waals surface area contributed by atoms with E-state index >= 15 is 0 Å². The van der Waals surface area contributed by atoms with Crippen LogP contribution in [0.2, 0.25) is 10.0 Å². The number of hydrogen-bond donors (Lipinski definition) is 1. The molecule has 43 heavy (non-hydrogen) atoms. The Morgan fingerprint density at radius 1 is 0.884 bits per heavy atom. The maximum atomic E-state index is 13.5. The van der Waals surface area contributed by atoms with Gasteiger partial charge in [0.05, 0.1) is 30.5 Å². The van der Waals surface area contributed by atoms with Gasteiger partial charge in [0.15, 0.2) is 11.5 Å². The van der Waals surface area contributed by atoms with Crippen molar-refractivity contribution in [3.8, 4) is 17.2 Å². The van der Waals surface area contributed by atoms with Crippen LogP contribution in [0, 0.1) is 0 Å².